The molecule has 0 unspecified atom stereocenters. The van der Waals surface area contributed by atoms with Crippen LogP contribution in [0.1, 0.15) is 16.1 Å². The molecule has 0 fully saturated rings. The minimum atomic E-state index is -0.860. The molecule has 7 nitrogen and oxygen atoms in total. The minimum Gasteiger partial charge on any atom is -0.507 e. The van der Waals surface area contributed by atoms with E-state index in [0.29, 0.717) is 16.5 Å². The van der Waals surface area contributed by atoms with Crippen molar-refractivity contribution in [3.63, 3.8) is 0 Å². The van der Waals surface area contributed by atoms with E-state index in [9.17, 15) is 14.7 Å². The number of aryl methyl sites for hydroxylation is 1. The number of aromatic hydroxyl groups is 1. The fourth-order valence-electron chi connectivity index (χ4n) is 1.83. The predicted octanol–water partition coefficient (Wildman–Crippen LogP) is 3.21. The van der Waals surface area contributed by atoms with Crippen LogP contribution in [0.2, 0.25) is 10.0 Å². The number of amides is 1. The van der Waals surface area contributed by atoms with Gasteiger partial charge in [-0.3, -0.25) is 4.79 Å². The number of aromatic nitrogens is 1. The highest BCUT2D eigenvalue weighted by molar-refractivity contribution is 6.36. The Morgan fingerprint density at radius 3 is 2.60 bits per heavy atom. The van der Waals surface area contributed by atoms with Gasteiger partial charge in [0.15, 0.2) is 12.4 Å². The smallest absolute Gasteiger partial charge is 0.342 e. The predicted molar refractivity (Wildman–Crippen MR) is 92.6 cm³/mol. The van der Waals surface area contributed by atoms with Crippen LogP contribution in [0.5, 0.6) is 11.5 Å². The van der Waals surface area contributed by atoms with Gasteiger partial charge >= 0.3 is 5.97 Å². The molecular formula is C16H14Cl2N2O5. The van der Waals surface area contributed by atoms with Gasteiger partial charge in [0.2, 0.25) is 0 Å². The van der Waals surface area contributed by atoms with Gasteiger partial charge < -0.3 is 19.9 Å². The second kappa shape index (κ2) is 8.04. The van der Waals surface area contributed by atoms with Crippen molar-refractivity contribution in [3.05, 3.63) is 45.6 Å². The van der Waals surface area contributed by atoms with Crippen LogP contribution in [0.3, 0.4) is 0 Å². The van der Waals surface area contributed by atoms with Gasteiger partial charge in [-0.15, -0.1) is 0 Å². The summed E-state index contributed by atoms with van der Waals surface area (Å²) in [6, 6.07) is 5.52. The Morgan fingerprint density at radius 2 is 1.96 bits per heavy atom. The zero-order valence-corrected chi connectivity index (χ0v) is 14.8. The highest BCUT2D eigenvalue weighted by Gasteiger charge is 2.16. The summed E-state index contributed by atoms with van der Waals surface area (Å²) in [5.41, 5.74) is 0.397. The van der Waals surface area contributed by atoms with Crippen LogP contribution in [0, 0.1) is 6.92 Å². The van der Waals surface area contributed by atoms with E-state index >= 15 is 0 Å². The van der Waals surface area contributed by atoms with Crippen molar-refractivity contribution in [1.82, 2.24) is 4.98 Å². The second-order valence-electron chi connectivity index (χ2n) is 4.89. The number of phenols is 1. The molecule has 132 valence electrons. The molecule has 0 saturated carbocycles. The zero-order chi connectivity index (χ0) is 18.6. The molecule has 0 spiro atoms. The summed E-state index contributed by atoms with van der Waals surface area (Å²) in [6.45, 7) is 1.07. The second-order valence-corrected chi connectivity index (χ2v) is 5.71. The van der Waals surface area contributed by atoms with Gasteiger partial charge in [-0.25, -0.2) is 9.78 Å². The van der Waals surface area contributed by atoms with E-state index in [4.69, 9.17) is 32.7 Å². The summed E-state index contributed by atoms with van der Waals surface area (Å²) in [6.07, 6.45) is 0. The van der Waals surface area contributed by atoms with Crippen molar-refractivity contribution >= 4 is 40.9 Å². The molecule has 0 bridgehead atoms. The Bertz CT molecular complexity index is 826. The standard InChI is InChI=1S/C16H14Cl2N2O5/c1-8-11(17)6-12(18)15(19-8)20-14(22)7-25-16(23)10-4-3-9(24-2)5-13(10)21/h3-6,21H,7H2,1-2H3,(H,19,20,22). The molecule has 0 atom stereocenters. The number of anilines is 1. The molecule has 1 aromatic heterocycles. The number of benzene rings is 1. The van der Waals surface area contributed by atoms with E-state index in [2.05, 4.69) is 10.3 Å². The van der Waals surface area contributed by atoms with Crippen LogP contribution >= 0.6 is 23.2 Å². The SMILES string of the molecule is COc1ccc(C(=O)OCC(=O)Nc2nc(C)c(Cl)cc2Cl)c(O)c1. The summed E-state index contributed by atoms with van der Waals surface area (Å²) in [4.78, 5) is 27.8. The third kappa shape index (κ3) is 4.74. The first kappa shape index (κ1) is 18.8. The first-order valence-corrected chi connectivity index (χ1v) is 7.74. The maximum Gasteiger partial charge on any atom is 0.342 e. The van der Waals surface area contributed by atoms with Gasteiger partial charge in [0.05, 0.1) is 22.8 Å². The van der Waals surface area contributed by atoms with E-state index in [1.54, 1.807) is 6.92 Å². The van der Waals surface area contributed by atoms with Gasteiger partial charge in [0.25, 0.3) is 5.91 Å². The van der Waals surface area contributed by atoms with Gasteiger partial charge in [0.1, 0.15) is 17.1 Å². The number of halogens is 2. The topological polar surface area (TPSA) is 97.8 Å². The summed E-state index contributed by atoms with van der Waals surface area (Å²) in [5.74, 6) is -1.33. The van der Waals surface area contributed by atoms with Crippen molar-refractivity contribution in [2.24, 2.45) is 0 Å². The van der Waals surface area contributed by atoms with E-state index in [-0.39, 0.29) is 22.2 Å². The number of ether oxygens (including phenoxy) is 2. The van der Waals surface area contributed by atoms with Gasteiger partial charge in [-0.2, -0.15) is 0 Å². The number of pyridine rings is 1. The van der Waals surface area contributed by atoms with Crippen molar-refractivity contribution in [1.29, 1.82) is 0 Å². The molecule has 0 aliphatic carbocycles. The number of hydrogen-bond acceptors (Lipinski definition) is 6. The van der Waals surface area contributed by atoms with Crippen LogP contribution < -0.4 is 10.1 Å². The number of nitrogens with zero attached hydrogens (tertiary/aromatic N) is 1. The quantitative estimate of drug-likeness (QED) is 0.768. The number of hydrogen-bond donors (Lipinski definition) is 2. The lowest BCUT2D eigenvalue weighted by atomic mass is 10.2. The molecule has 2 N–H and O–H groups in total. The lowest BCUT2D eigenvalue weighted by molar-refractivity contribution is -0.119. The highest BCUT2D eigenvalue weighted by Crippen LogP contribution is 2.26. The Balaban J connectivity index is 1.98. The van der Waals surface area contributed by atoms with Crippen LogP contribution in [0.4, 0.5) is 5.82 Å². The number of methoxy groups -OCH3 is 1. The van der Waals surface area contributed by atoms with E-state index in [1.165, 1.54) is 31.4 Å². The molecule has 2 aromatic rings. The van der Waals surface area contributed by atoms with Crippen LogP contribution in [0.15, 0.2) is 24.3 Å². The van der Waals surface area contributed by atoms with E-state index in [0.717, 1.165) is 0 Å². The molecule has 2 rings (SSSR count). The molecule has 0 saturated heterocycles. The monoisotopic (exact) mass is 384 g/mol. The summed E-state index contributed by atoms with van der Waals surface area (Å²) in [7, 11) is 1.43. The Morgan fingerprint density at radius 1 is 1.24 bits per heavy atom. The Hall–Kier alpha value is -2.51. The summed E-state index contributed by atoms with van der Waals surface area (Å²) >= 11 is 11.8. The van der Waals surface area contributed by atoms with Gasteiger partial charge in [0, 0.05) is 6.07 Å². The van der Waals surface area contributed by atoms with Crippen molar-refractivity contribution in [3.8, 4) is 11.5 Å². The molecule has 1 heterocycles. The molecule has 0 aliphatic rings. The van der Waals surface area contributed by atoms with Crippen LogP contribution in [-0.4, -0.2) is 35.7 Å². The van der Waals surface area contributed by atoms with Gasteiger partial charge in [-0.05, 0) is 25.1 Å². The Labute approximate surface area is 153 Å². The molecule has 25 heavy (non-hydrogen) atoms. The zero-order valence-electron chi connectivity index (χ0n) is 13.3. The van der Waals surface area contributed by atoms with Crippen molar-refractivity contribution < 1.29 is 24.2 Å². The minimum absolute atomic E-state index is 0.0907. The van der Waals surface area contributed by atoms with Crippen LogP contribution in [-0.2, 0) is 9.53 Å². The third-order valence-electron chi connectivity index (χ3n) is 3.12. The largest absolute Gasteiger partial charge is 0.507 e. The fourth-order valence-corrected chi connectivity index (χ4v) is 2.24. The Kier molecular flexibility index (Phi) is 6.06. The maximum atomic E-state index is 11.9. The molecule has 1 amide bonds. The highest BCUT2D eigenvalue weighted by atomic mass is 35.5. The molecule has 0 aliphatic heterocycles. The van der Waals surface area contributed by atoms with E-state index < -0.39 is 18.5 Å². The van der Waals surface area contributed by atoms with Crippen molar-refractivity contribution in [2.75, 3.05) is 19.0 Å². The lowest BCUT2D eigenvalue weighted by Gasteiger charge is -2.10. The fraction of sp³-hybridized carbons (Fsp3) is 0.188. The number of nitrogens with one attached hydrogen (secondary N) is 1. The normalized spacial score (nSPS) is 10.2. The third-order valence-corrected chi connectivity index (χ3v) is 3.79. The lowest BCUT2D eigenvalue weighted by Crippen LogP contribution is -2.21. The van der Waals surface area contributed by atoms with Crippen LogP contribution in [0.25, 0.3) is 0 Å². The number of carbonyl (C=O) groups is 2. The number of phenolic OH excluding ortho intramolecular Hbond substituents is 1. The first-order chi connectivity index (χ1) is 11.8. The van der Waals surface area contributed by atoms with Gasteiger partial charge in [-0.1, -0.05) is 23.2 Å². The molecular weight excluding hydrogens is 371 g/mol. The number of carbonyl (C=O) groups excluding carboxylic acids is 2. The average Bonchev–Trinajstić information content (AvgIpc) is 2.57. The molecule has 0 radical (unpaired) electrons. The van der Waals surface area contributed by atoms with E-state index in [1.807, 2.05) is 0 Å². The number of esters is 1. The average molecular weight is 385 g/mol. The molecule has 9 heteroatoms. The number of rotatable bonds is 5. The maximum absolute atomic E-state index is 11.9. The molecule has 1 aromatic carbocycles. The summed E-state index contributed by atoms with van der Waals surface area (Å²) < 4.78 is 9.78. The van der Waals surface area contributed by atoms with Crippen molar-refractivity contribution in [2.45, 2.75) is 6.92 Å². The summed E-state index contributed by atoms with van der Waals surface area (Å²) in [5, 5.41) is 12.7. The first-order valence-electron chi connectivity index (χ1n) is 6.98.